The normalized spacial score (nSPS) is 11.9. The van der Waals surface area contributed by atoms with Crippen LogP contribution in [0.25, 0.3) is 0 Å². The lowest BCUT2D eigenvalue weighted by atomic mass is 10.4. The summed E-state index contributed by atoms with van der Waals surface area (Å²) in [6.45, 7) is 4.33. The van der Waals surface area contributed by atoms with Crippen LogP contribution in [-0.2, 0) is 23.1 Å². The Labute approximate surface area is 136 Å². The lowest BCUT2D eigenvalue weighted by Gasteiger charge is -2.05. The number of sulfonamides is 1. The van der Waals surface area contributed by atoms with Gasteiger partial charge in [-0.25, -0.2) is 13.1 Å². The summed E-state index contributed by atoms with van der Waals surface area (Å²) in [7, 11) is -3.50. The Balaban J connectivity index is 1.99. The molecule has 2 aromatic heterocycles. The first-order chi connectivity index (χ1) is 10.0. The molecule has 0 radical (unpaired) electrons. The molecule has 0 fully saturated rings. The Kier molecular flexibility index (Phi) is 5.94. The van der Waals surface area contributed by atoms with Crippen molar-refractivity contribution in [1.29, 1.82) is 0 Å². The number of nitrogens with one attached hydrogen (secondary N) is 2. The van der Waals surface area contributed by atoms with Crippen LogP contribution in [-0.4, -0.2) is 31.3 Å². The zero-order valence-electron chi connectivity index (χ0n) is 11.5. The Morgan fingerprint density at radius 3 is 2.95 bits per heavy atom. The topological polar surface area (TPSA) is 76.0 Å². The minimum absolute atomic E-state index is 0.292. The predicted octanol–water partition coefficient (Wildman–Crippen LogP) is 1.80. The van der Waals surface area contributed by atoms with Gasteiger partial charge in [0.25, 0.3) is 0 Å². The maximum atomic E-state index is 12.3. The number of rotatable bonds is 8. The van der Waals surface area contributed by atoms with Gasteiger partial charge in [0, 0.05) is 30.4 Å². The zero-order chi connectivity index (χ0) is 15.3. The molecule has 116 valence electrons. The Hall–Kier alpha value is -0.740. The lowest BCUT2D eigenvalue weighted by Crippen LogP contribution is -2.27. The molecule has 2 heterocycles. The van der Waals surface area contributed by atoms with E-state index in [1.807, 2.05) is 6.92 Å². The summed E-state index contributed by atoms with van der Waals surface area (Å²) < 4.78 is 29.5. The molecule has 21 heavy (non-hydrogen) atoms. The quantitative estimate of drug-likeness (QED) is 0.717. The second kappa shape index (κ2) is 7.50. The molecule has 0 aliphatic heterocycles. The van der Waals surface area contributed by atoms with Gasteiger partial charge in [-0.3, -0.25) is 4.68 Å². The molecule has 0 bridgehead atoms. The average molecular weight is 393 g/mol. The van der Waals surface area contributed by atoms with Crippen molar-refractivity contribution in [3.63, 3.8) is 0 Å². The Morgan fingerprint density at radius 1 is 1.48 bits per heavy atom. The number of hydrogen-bond acceptors (Lipinski definition) is 5. The second-order valence-electron chi connectivity index (χ2n) is 4.30. The first kappa shape index (κ1) is 16.6. The molecule has 2 N–H and O–H groups in total. The van der Waals surface area contributed by atoms with Gasteiger partial charge in [-0.1, -0.05) is 6.92 Å². The average Bonchev–Trinajstić information content (AvgIpc) is 3.06. The summed E-state index contributed by atoms with van der Waals surface area (Å²) >= 11 is 4.76. The molecule has 0 aromatic carbocycles. The van der Waals surface area contributed by atoms with Gasteiger partial charge < -0.3 is 5.32 Å². The highest BCUT2D eigenvalue weighted by molar-refractivity contribution is 9.11. The smallest absolute Gasteiger partial charge is 0.242 e. The van der Waals surface area contributed by atoms with Crippen LogP contribution < -0.4 is 10.0 Å². The van der Waals surface area contributed by atoms with Crippen molar-refractivity contribution < 1.29 is 8.42 Å². The third-order valence-electron chi connectivity index (χ3n) is 2.74. The van der Waals surface area contributed by atoms with E-state index in [1.54, 1.807) is 29.2 Å². The number of hydrogen-bond donors (Lipinski definition) is 2. The van der Waals surface area contributed by atoms with Crippen molar-refractivity contribution in [2.75, 3.05) is 13.1 Å². The number of thiophene rings is 1. The molecular formula is C12H17BrN4O2S2. The molecule has 0 aliphatic rings. The summed E-state index contributed by atoms with van der Waals surface area (Å²) in [5.41, 5.74) is 0. The SMILES string of the molecule is CCNCc1cc(S(=O)(=O)NCCn2cccn2)c(Br)s1. The third kappa shape index (κ3) is 4.62. The summed E-state index contributed by atoms with van der Waals surface area (Å²) in [5.74, 6) is 0. The van der Waals surface area contributed by atoms with Crippen molar-refractivity contribution in [2.45, 2.75) is 24.9 Å². The monoisotopic (exact) mass is 392 g/mol. The maximum Gasteiger partial charge on any atom is 0.242 e. The van der Waals surface area contributed by atoms with E-state index in [0.717, 1.165) is 11.4 Å². The highest BCUT2D eigenvalue weighted by Gasteiger charge is 2.20. The van der Waals surface area contributed by atoms with Crippen LogP contribution in [0.5, 0.6) is 0 Å². The number of aromatic nitrogens is 2. The Bertz CT molecular complexity index is 667. The highest BCUT2D eigenvalue weighted by atomic mass is 79.9. The highest BCUT2D eigenvalue weighted by Crippen LogP contribution is 2.31. The fourth-order valence-electron chi connectivity index (χ4n) is 1.72. The lowest BCUT2D eigenvalue weighted by molar-refractivity contribution is 0.561. The first-order valence-corrected chi connectivity index (χ1v) is 9.58. The molecular weight excluding hydrogens is 376 g/mol. The van der Waals surface area contributed by atoms with E-state index in [-0.39, 0.29) is 0 Å². The molecule has 0 saturated carbocycles. The van der Waals surface area contributed by atoms with Gasteiger partial charge in [0.05, 0.1) is 10.3 Å². The van der Waals surface area contributed by atoms with Crippen LogP contribution in [0.1, 0.15) is 11.8 Å². The molecule has 0 atom stereocenters. The van der Waals surface area contributed by atoms with Crippen molar-refractivity contribution in [1.82, 2.24) is 19.8 Å². The second-order valence-corrected chi connectivity index (χ2v) is 8.49. The van der Waals surface area contributed by atoms with Crippen LogP contribution in [0.3, 0.4) is 0 Å². The minimum atomic E-state index is -3.50. The van der Waals surface area contributed by atoms with Gasteiger partial charge in [0.1, 0.15) is 4.90 Å². The van der Waals surface area contributed by atoms with Gasteiger partial charge in [-0.2, -0.15) is 5.10 Å². The van der Waals surface area contributed by atoms with Gasteiger partial charge in [0.2, 0.25) is 10.0 Å². The minimum Gasteiger partial charge on any atom is -0.312 e. The fraction of sp³-hybridized carbons (Fsp3) is 0.417. The first-order valence-electron chi connectivity index (χ1n) is 6.49. The van der Waals surface area contributed by atoms with E-state index >= 15 is 0 Å². The van der Waals surface area contributed by atoms with E-state index in [9.17, 15) is 8.42 Å². The van der Waals surface area contributed by atoms with Crippen molar-refractivity contribution in [3.05, 3.63) is 33.2 Å². The van der Waals surface area contributed by atoms with E-state index in [4.69, 9.17) is 0 Å². The van der Waals surface area contributed by atoms with Crippen molar-refractivity contribution >= 4 is 37.3 Å². The molecule has 0 saturated heterocycles. The zero-order valence-corrected chi connectivity index (χ0v) is 14.8. The molecule has 0 spiro atoms. The molecule has 0 amide bonds. The van der Waals surface area contributed by atoms with Crippen LogP contribution in [0.2, 0.25) is 0 Å². The summed E-state index contributed by atoms with van der Waals surface area (Å²) in [5, 5.41) is 7.21. The van der Waals surface area contributed by atoms with Crippen molar-refractivity contribution in [2.24, 2.45) is 0 Å². The van der Waals surface area contributed by atoms with Gasteiger partial charge >= 0.3 is 0 Å². The van der Waals surface area contributed by atoms with E-state index in [0.29, 0.717) is 28.3 Å². The molecule has 0 unspecified atom stereocenters. The van der Waals surface area contributed by atoms with Crippen LogP contribution in [0.15, 0.2) is 33.2 Å². The molecule has 2 rings (SSSR count). The van der Waals surface area contributed by atoms with E-state index in [1.165, 1.54) is 11.3 Å². The molecule has 9 heteroatoms. The molecule has 0 aliphatic carbocycles. The number of nitrogens with zero attached hydrogens (tertiary/aromatic N) is 2. The van der Waals surface area contributed by atoms with Crippen molar-refractivity contribution in [3.8, 4) is 0 Å². The summed E-state index contributed by atoms with van der Waals surface area (Å²) in [6.07, 6.45) is 3.46. The largest absolute Gasteiger partial charge is 0.312 e. The van der Waals surface area contributed by atoms with Gasteiger partial charge in [0.15, 0.2) is 0 Å². The maximum absolute atomic E-state index is 12.3. The Morgan fingerprint density at radius 2 is 2.29 bits per heavy atom. The van der Waals surface area contributed by atoms with Crippen LogP contribution >= 0.6 is 27.3 Å². The van der Waals surface area contributed by atoms with Gasteiger partial charge in [-0.05, 0) is 34.6 Å². The van der Waals surface area contributed by atoms with Crippen LogP contribution in [0.4, 0.5) is 0 Å². The van der Waals surface area contributed by atoms with E-state index in [2.05, 4.69) is 31.1 Å². The fourth-order valence-corrected chi connectivity index (χ4v) is 5.39. The number of halogens is 1. The molecule has 2 aromatic rings. The van der Waals surface area contributed by atoms with Crippen LogP contribution in [0, 0.1) is 0 Å². The third-order valence-corrected chi connectivity index (χ3v) is 6.45. The van der Waals surface area contributed by atoms with Gasteiger partial charge in [-0.15, -0.1) is 11.3 Å². The standard InChI is InChI=1S/C12H17BrN4O2S2/c1-2-14-9-10-8-11(12(13)20-10)21(18,19)16-5-7-17-6-3-4-15-17/h3-4,6,8,14,16H,2,5,7,9H2,1H3. The van der Waals surface area contributed by atoms with E-state index < -0.39 is 10.0 Å². The summed E-state index contributed by atoms with van der Waals surface area (Å²) in [4.78, 5) is 1.28. The summed E-state index contributed by atoms with van der Waals surface area (Å²) in [6, 6.07) is 3.50. The molecule has 6 nitrogen and oxygen atoms in total. The predicted molar refractivity (Wildman–Crippen MR) is 86.8 cm³/mol.